The van der Waals surface area contributed by atoms with Crippen molar-refractivity contribution in [3.05, 3.63) is 88.4 Å². The molecule has 0 heterocycles. The van der Waals surface area contributed by atoms with Gasteiger partial charge in [-0.2, -0.15) is 0 Å². The molecule has 1 N–H and O–H groups in total. The van der Waals surface area contributed by atoms with Crippen LogP contribution in [0, 0.1) is 5.92 Å². The first-order valence-electron chi connectivity index (χ1n) is 12.7. The lowest BCUT2D eigenvalue weighted by atomic mass is 10.1. The van der Waals surface area contributed by atoms with Crippen molar-refractivity contribution in [2.75, 3.05) is 24.5 Å². The molecule has 3 aromatic rings. The molecule has 3 rings (SSSR count). The van der Waals surface area contributed by atoms with Gasteiger partial charge in [0.25, 0.3) is 10.0 Å². The Morgan fingerprint density at radius 2 is 1.65 bits per heavy atom. The topological polar surface area (TPSA) is 96.0 Å². The van der Waals surface area contributed by atoms with E-state index in [2.05, 4.69) is 5.32 Å². The quantitative estimate of drug-likeness (QED) is 0.299. The number of rotatable bonds is 12. The fourth-order valence-corrected chi connectivity index (χ4v) is 5.93. The van der Waals surface area contributed by atoms with Crippen molar-refractivity contribution < 1.29 is 22.7 Å². The lowest BCUT2D eigenvalue weighted by Gasteiger charge is -2.32. The lowest BCUT2D eigenvalue weighted by Crippen LogP contribution is -2.51. The molecule has 0 fully saturated rings. The standard InChI is InChI=1S/C29H33Cl2N3O5S/c1-20(2)17-32-29(36)21(3)33(18-22-9-8-10-24(15-22)39-4)28(35)19-34(27-14-13-23(30)16-26(27)31)40(37,38)25-11-6-5-7-12-25/h5-16,20-21H,17-19H2,1-4H3,(H,32,36)/t21-/m0/s1. The van der Waals surface area contributed by atoms with Gasteiger partial charge in [0.05, 0.1) is 22.7 Å². The second-order valence-electron chi connectivity index (χ2n) is 9.61. The normalized spacial score (nSPS) is 12.1. The van der Waals surface area contributed by atoms with Crippen LogP contribution in [0.3, 0.4) is 0 Å². The van der Waals surface area contributed by atoms with Crippen LogP contribution < -0.4 is 14.4 Å². The molecule has 214 valence electrons. The van der Waals surface area contributed by atoms with E-state index in [0.717, 1.165) is 4.31 Å². The van der Waals surface area contributed by atoms with Crippen LogP contribution in [0.25, 0.3) is 0 Å². The lowest BCUT2D eigenvalue weighted by molar-refractivity contribution is -0.139. The van der Waals surface area contributed by atoms with Crippen molar-refractivity contribution in [3.63, 3.8) is 0 Å². The molecule has 0 aliphatic heterocycles. The highest BCUT2D eigenvalue weighted by atomic mass is 35.5. The van der Waals surface area contributed by atoms with E-state index >= 15 is 0 Å². The summed E-state index contributed by atoms with van der Waals surface area (Å²) in [6, 6.07) is 18.3. The Morgan fingerprint density at radius 3 is 2.27 bits per heavy atom. The Kier molecular flexibility index (Phi) is 10.8. The maximum absolute atomic E-state index is 14.0. The number of nitrogens with zero attached hydrogens (tertiary/aromatic N) is 2. The SMILES string of the molecule is COc1cccc(CN(C(=O)CN(c2ccc(Cl)cc2Cl)S(=O)(=O)c2ccccc2)[C@@H](C)C(=O)NCC(C)C)c1. The van der Waals surface area contributed by atoms with Gasteiger partial charge >= 0.3 is 0 Å². The van der Waals surface area contributed by atoms with E-state index in [-0.39, 0.29) is 34.0 Å². The third-order valence-electron chi connectivity index (χ3n) is 6.13. The third-order valence-corrected chi connectivity index (χ3v) is 8.44. The van der Waals surface area contributed by atoms with Gasteiger partial charge in [-0.1, -0.05) is 67.4 Å². The molecule has 0 aliphatic carbocycles. The minimum absolute atomic E-state index is 0.0177. The van der Waals surface area contributed by atoms with E-state index in [4.69, 9.17) is 27.9 Å². The molecule has 1 atom stereocenters. The Morgan fingerprint density at radius 1 is 0.950 bits per heavy atom. The number of anilines is 1. The van der Waals surface area contributed by atoms with Crippen LogP contribution in [0.15, 0.2) is 77.7 Å². The monoisotopic (exact) mass is 605 g/mol. The van der Waals surface area contributed by atoms with Crippen LogP contribution in [0.5, 0.6) is 5.75 Å². The molecule has 0 saturated carbocycles. The van der Waals surface area contributed by atoms with Crippen molar-refractivity contribution in [2.24, 2.45) is 5.92 Å². The van der Waals surface area contributed by atoms with Gasteiger partial charge < -0.3 is 15.0 Å². The third kappa shape index (κ3) is 7.90. The fourth-order valence-electron chi connectivity index (χ4n) is 3.92. The van der Waals surface area contributed by atoms with E-state index in [1.807, 2.05) is 13.8 Å². The Bertz CT molecular complexity index is 1430. The van der Waals surface area contributed by atoms with Crippen LogP contribution in [0.2, 0.25) is 10.0 Å². The molecular formula is C29H33Cl2N3O5S. The van der Waals surface area contributed by atoms with Gasteiger partial charge in [0.2, 0.25) is 11.8 Å². The van der Waals surface area contributed by atoms with Gasteiger partial charge in [0, 0.05) is 18.1 Å². The number of carbonyl (C=O) groups excluding carboxylic acids is 2. The molecular weight excluding hydrogens is 573 g/mol. The zero-order chi connectivity index (χ0) is 29.4. The van der Waals surface area contributed by atoms with Crippen LogP contribution in [0.4, 0.5) is 5.69 Å². The molecule has 8 nitrogen and oxygen atoms in total. The minimum Gasteiger partial charge on any atom is -0.497 e. The minimum atomic E-state index is -4.23. The second-order valence-corrected chi connectivity index (χ2v) is 12.3. The number of nitrogens with one attached hydrogen (secondary N) is 1. The van der Waals surface area contributed by atoms with Crippen LogP contribution in [-0.2, 0) is 26.2 Å². The van der Waals surface area contributed by atoms with Gasteiger partial charge in [0.15, 0.2) is 0 Å². The zero-order valence-corrected chi connectivity index (χ0v) is 25.1. The van der Waals surface area contributed by atoms with Crippen LogP contribution >= 0.6 is 23.2 Å². The first-order chi connectivity index (χ1) is 18.9. The predicted molar refractivity (Wildman–Crippen MR) is 158 cm³/mol. The average molecular weight is 607 g/mol. The first-order valence-corrected chi connectivity index (χ1v) is 14.9. The largest absolute Gasteiger partial charge is 0.497 e. The van der Waals surface area contributed by atoms with E-state index in [1.54, 1.807) is 49.4 Å². The highest BCUT2D eigenvalue weighted by molar-refractivity contribution is 7.92. The number of amides is 2. The molecule has 11 heteroatoms. The van der Waals surface area contributed by atoms with Crippen molar-refractivity contribution in [2.45, 2.75) is 38.3 Å². The summed E-state index contributed by atoms with van der Waals surface area (Å²) in [5.41, 5.74) is 0.791. The van der Waals surface area contributed by atoms with E-state index in [0.29, 0.717) is 22.9 Å². The number of benzene rings is 3. The summed E-state index contributed by atoms with van der Waals surface area (Å²) >= 11 is 12.5. The van der Waals surface area contributed by atoms with Crippen molar-refractivity contribution in [3.8, 4) is 5.75 Å². The molecule has 0 unspecified atom stereocenters. The van der Waals surface area contributed by atoms with Crippen molar-refractivity contribution in [1.82, 2.24) is 10.2 Å². The van der Waals surface area contributed by atoms with Crippen LogP contribution in [0.1, 0.15) is 26.3 Å². The number of ether oxygens (including phenoxy) is 1. The summed E-state index contributed by atoms with van der Waals surface area (Å²) in [7, 11) is -2.70. The van der Waals surface area contributed by atoms with Gasteiger partial charge in [-0.3, -0.25) is 13.9 Å². The number of sulfonamides is 1. The van der Waals surface area contributed by atoms with Crippen LogP contribution in [-0.4, -0.2) is 51.4 Å². The molecule has 40 heavy (non-hydrogen) atoms. The molecule has 0 bridgehead atoms. The Labute approximate surface area is 245 Å². The zero-order valence-electron chi connectivity index (χ0n) is 22.8. The summed E-state index contributed by atoms with van der Waals surface area (Å²) in [6.45, 7) is 5.40. The molecule has 0 aliphatic rings. The highest BCUT2D eigenvalue weighted by Gasteiger charge is 2.33. The summed E-state index contributed by atoms with van der Waals surface area (Å²) in [5, 5.41) is 3.23. The fraction of sp³-hybridized carbons (Fsp3) is 0.310. The molecule has 0 aromatic heterocycles. The molecule has 0 saturated heterocycles. The molecule has 3 aromatic carbocycles. The number of carbonyl (C=O) groups is 2. The maximum atomic E-state index is 14.0. The average Bonchev–Trinajstić information content (AvgIpc) is 2.93. The first kappa shape index (κ1) is 31.3. The maximum Gasteiger partial charge on any atom is 0.264 e. The predicted octanol–water partition coefficient (Wildman–Crippen LogP) is 5.39. The molecule has 2 amide bonds. The van der Waals surface area contributed by atoms with E-state index in [9.17, 15) is 18.0 Å². The number of methoxy groups -OCH3 is 1. The Balaban J connectivity index is 2.04. The van der Waals surface area contributed by atoms with E-state index in [1.165, 1.54) is 42.3 Å². The summed E-state index contributed by atoms with van der Waals surface area (Å²) in [4.78, 5) is 28.4. The Hall–Kier alpha value is -3.27. The number of hydrogen-bond donors (Lipinski definition) is 1. The van der Waals surface area contributed by atoms with Gasteiger partial charge in [-0.05, 0) is 60.9 Å². The van der Waals surface area contributed by atoms with Gasteiger partial charge in [-0.25, -0.2) is 8.42 Å². The number of hydrogen-bond acceptors (Lipinski definition) is 5. The van der Waals surface area contributed by atoms with Crippen molar-refractivity contribution in [1.29, 1.82) is 0 Å². The highest BCUT2D eigenvalue weighted by Crippen LogP contribution is 2.33. The van der Waals surface area contributed by atoms with Crippen molar-refractivity contribution >= 4 is 50.7 Å². The van der Waals surface area contributed by atoms with E-state index < -0.39 is 28.5 Å². The summed E-state index contributed by atoms with van der Waals surface area (Å²) in [5.74, 6) is -0.159. The summed E-state index contributed by atoms with van der Waals surface area (Å²) < 4.78 is 33.9. The molecule has 0 radical (unpaired) electrons. The second kappa shape index (κ2) is 13.9. The van der Waals surface area contributed by atoms with Gasteiger partial charge in [0.1, 0.15) is 18.3 Å². The molecule has 0 spiro atoms. The number of halogens is 2. The summed E-state index contributed by atoms with van der Waals surface area (Å²) in [6.07, 6.45) is 0. The van der Waals surface area contributed by atoms with Gasteiger partial charge in [-0.15, -0.1) is 0 Å². The smallest absolute Gasteiger partial charge is 0.264 e.